The van der Waals surface area contributed by atoms with Crippen LogP contribution in [0.5, 0.6) is 0 Å². The van der Waals surface area contributed by atoms with Crippen LogP contribution in [0.1, 0.15) is 27.7 Å². The van der Waals surface area contributed by atoms with E-state index in [1.165, 1.54) is 11.0 Å². The molecular formula is C14H23FN2O3S. The fourth-order valence-corrected chi connectivity index (χ4v) is 4.28. The summed E-state index contributed by atoms with van der Waals surface area (Å²) >= 11 is 0. The minimum atomic E-state index is -4.18. The molecule has 0 bridgehead atoms. The van der Waals surface area contributed by atoms with Gasteiger partial charge in [0.05, 0.1) is 5.92 Å². The van der Waals surface area contributed by atoms with Crippen molar-refractivity contribution in [3.05, 3.63) is 24.1 Å². The lowest BCUT2D eigenvalue weighted by molar-refractivity contribution is -0.134. The lowest BCUT2D eigenvalue weighted by atomic mass is 9.78. The fourth-order valence-electron chi connectivity index (χ4n) is 2.81. The molecule has 0 heterocycles. The molecule has 1 rings (SSSR count). The van der Waals surface area contributed by atoms with Gasteiger partial charge in [0.2, 0.25) is 15.9 Å². The summed E-state index contributed by atoms with van der Waals surface area (Å²) in [6.07, 6.45) is 3.40. The highest BCUT2D eigenvalue weighted by Gasteiger charge is 2.53. The first kappa shape index (κ1) is 17.8. The van der Waals surface area contributed by atoms with Crippen LogP contribution >= 0.6 is 0 Å². The quantitative estimate of drug-likeness (QED) is 0.835. The molecule has 0 aromatic rings. The van der Waals surface area contributed by atoms with Crippen molar-refractivity contribution in [2.75, 3.05) is 13.1 Å². The molecule has 120 valence electrons. The van der Waals surface area contributed by atoms with Gasteiger partial charge in [-0.1, -0.05) is 19.9 Å². The van der Waals surface area contributed by atoms with Crippen LogP contribution in [-0.2, 0) is 14.8 Å². The average Bonchev–Trinajstić information content (AvgIpc) is 2.38. The normalized spacial score (nSPS) is 25.9. The van der Waals surface area contributed by atoms with Gasteiger partial charge in [-0.3, -0.25) is 4.79 Å². The molecule has 1 aliphatic rings. The minimum Gasteiger partial charge on any atom is -0.343 e. The third-order valence-corrected chi connectivity index (χ3v) is 5.86. The number of carbonyl (C=O) groups excluding carboxylic acids is 1. The summed E-state index contributed by atoms with van der Waals surface area (Å²) in [5.74, 6) is -2.62. The SMILES string of the molecule is CCN(CC)C(=O)C1C=CC(F)=CC1(C(C)C)S(N)(=O)=O. The number of nitrogens with zero attached hydrogens (tertiary/aromatic N) is 1. The summed E-state index contributed by atoms with van der Waals surface area (Å²) in [4.78, 5) is 14.2. The Hall–Kier alpha value is -1.21. The van der Waals surface area contributed by atoms with Gasteiger partial charge in [-0.05, 0) is 31.9 Å². The molecule has 1 aliphatic carbocycles. The smallest absolute Gasteiger partial charge is 0.231 e. The minimum absolute atomic E-state index is 0.359. The van der Waals surface area contributed by atoms with Crippen molar-refractivity contribution in [3.8, 4) is 0 Å². The van der Waals surface area contributed by atoms with Crippen LogP contribution in [0.25, 0.3) is 0 Å². The first-order chi connectivity index (χ1) is 9.61. The van der Waals surface area contributed by atoms with Gasteiger partial charge in [-0.15, -0.1) is 0 Å². The standard InChI is InChI=1S/C14H23FN2O3S/c1-5-17(6-2)13(18)12-8-7-11(15)9-14(12,10(3)4)21(16,19)20/h7-10,12H,5-6H2,1-4H3,(H2,16,19,20). The molecule has 5 nitrogen and oxygen atoms in total. The summed E-state index contributed by atoms with van der Waals surface area (Å²) in [5, 5.41) is 5.38. The molecule has 0 fully saturated rings. The maximum atomic E-state index is 13.7. The van der Waals surface area contributed by atoms with Gasteiger partial charge in [0.15, 0.2) is 0 Å². The molecule has 21 heavy (non-hydrogen) atoms. The van der Waals surface area contributed by atoms with Crippen LogP contribution in [0, 0.1) is 11.8 Å². The first-order valence-corrected chi connectivity index (χ1v) is 8.54. The first-order valence-electron chi connectivity index (χ1n) is 6.99. The number of amides is 1. The average molecular weight is 318 g/mol. The second kappa shape index (κ2) is 6.27. The third kappa shape index (κ3) is 3.03. The van der Waals surface area contributed by atoms with Crippen molar-refractivity contribution in [2.45, 2.75) is 32.4 Å². The number of carbonyl (C=O) groups is 1. The van der Waals surface area contributed by atoms with Crippen molar-refractivity contribution in [3.63, 3.8) is 0 Å². The summed E-state index contributed by atoms with van der Waals surface area (Å²) in [6, 6.07) is 0. The molecule has 0 saturated carbocycles. The van der Waals surface area contributed by atoms with E-state index in [0.717, 1.165) is 12.2 Å². The largest absolute Gasteiger partial charge is 0.343 e. The Balaban J connectivity index is 3.48. The number of nitrogens with two attached hydrogens (primary N) is 1. The van der Waals surface area contributed by atoms with E-state index in [2.05, 4.69) is 0 Å². The van der Waals surface area contributed by atoms with E-state index in [1.807, 2.05) is 0 Å². The Morgan fingerprint density at radius 1 is 1.43 bits per heavy atom. The fraction of sp³-hybridized carbons (Fsp3) is 0.643. The van der Waals surface area contributed by atoms with E-state index >= 15 is 0 Å². The second-order valence-electron chi connectivity index (χ2n) is 5.43. The van der Waals surface area contributed by atoms with E-state index in [9.17, 15) is 17.6 Å². The summed E-state index contributed by atoms with van der Waals surface area (Å²) in [5.41, 5.74) is 0. The lowest BCUT2D eigenvalue weighted by Gasteiger charge is -2.40. The predicted molar refractivity (Wildman–Crippen MR) is 80.4 cm³/mol. The van der Waals surface area contributed by atoms with Gasteiger partial charge in [-0.25, -0.2) is 17.9 Å². The lowest BCUT2D eigenvalue weighted by Crippen LogP contribution is -2.57. The van der Waals surface area contributed by atoms with Gasteiger partial charge in [0.1, 0.15) is 10.6 Å². The molecule has 0 aromatic carbocycles. The highest BCUT2D eigenvalue weighted by molar-refractivity contribution is 7.90. The van der Waals surface area contributed by atoms with Crippen LogP contribution in [0.4, 0.5) is 4.39 Å². The summed E-state index contributed by atoms with van der Waals surface area (Å²) in [6.45, 7) is 7.75. The van der Waals surface area contributed by atoms with Gasteiger partial charge in [-0.2, -0.15) is 0 Å². The highest BCUT2D eigenvalue weighted by atomic mass is 32.2. The number of hydrogen-bond donors (Lipinski definition) is 1. The Morgan fingerprint density at radius 3 is 2.33 bits per heavy atom. The van der Waals surface area contributed by atoms with Crippen molar-refractivity contribution in [2.24, 2.45) is 17.0 Å². The van der Waals surface area contributed by atoms with Gasteiger partial charge in [0, 0.05) is 13.1 Å². The van der Waals surface area contributed by atoms with Crippen LogP contribution in [0.15, 0.2) is 24.1 Å². The molecule has 2 unspecified atom stereocenters. The molecule has 0 spiro atoms. The van der Waals surface area contributed by atoms with E-state index in [1.54, 1.807) is 27.7 Å². The van der Waals surface area contributed by atoms with Crippen molar-refractivity contribution in [1.29, 1.82) is 0 Å². The Labute approximate surface area is 125 Å². The molecule has 0 aliphatic heterocycles. The van der Waals surface area contributed by atoms with Crippen molar-refractivity contribution < 1.29 is 17.6 Å². The van der Waals surface area contributed by atoms with Crippen molar-refractivity contribution in [1.82, 2.24) is 4.90 Å². The Morgan fingerprint density at radius 2 is 1.95 bits per heavy atom. The topological polar surface area (TPSA) is 80.5 Å². The van der Waals surface area contributed by atoms with E-state index in [4.69, 9.17) is 5.14 Å². The highest BCUT2D eigenvalue weighted by Crippen LogP contribution is 2.40. The number of rotatable bonds is 5. The molecule has 2 atom stereocenters. The van der Waals surface area contributed by atoms with Crippen LogP contribution in [-0.4, -0.2) is 37.1 Å². The number of halogens is 1. The van der Waals surface area contributed by atoms with Gasteiger partial charge in [0.25, 0.3) is 0 Å². The summed E-state index contributed by atoms with van der Waals surface area (Å²) in [7, 11) is -4.18. The number of sulfonamides is 1. The molecule has 7 heteroatoms. The van der Waals surface area contributed by atoms with Crippen molar-refractivity contribution >= 4 is 15.9 Å². The number of primary sulfonamides is 1. The molecule has 0 aromatic heterocycles. The predicted octanol–water partition coefficient (Wildman–Crippen LogP) is 1.58. The van der Waals surface area contributed by atoms with Gasteiger partial charge >= 0.3 is 0 Å². The Kier molecular flexibility index (Phi) is 5.33. The van der Waals surface area contributed by atoms with E-state index in [0.29, 0.717) is 13.1 Å². The zero-order valence-corrected chi connectivity index (χ0v) is 13.7. The molecule has 0 saturated heterocycles. The zero-order chi connectivity index (χ0) is 16.4. The van der Waals surface area contributed by atoms with E-state index < -0.39 is 32.4 Å². The second-order valence-corrected chi connectivity index (χ2v) is 7.23. The zero-order valence-electron chi connectivity index (χ0n) is 12.8. The molecule has 0 radical (unpaired) electrons. The number of hydrogen-bond acceptors (Lipinski definition) is 3. The third-order valence-electron chi connectivity index (χ3n) is 4.03. The molecule has 2 N–H and O–H groups in total. The van der Waals surface area contributed by atoms with E-state index in [-0.39, 0.29) is 5.91 Å². The maximum Gasteiger partial charge on any atom is 0.231 e. The Bertz CT molecular complexity index is 565. The van der Waals surface area contributed by atoms with Crippen LogP contribution in [0.3, 0.4) is 0 Å². The molecule has 1 amide bonds. The van der Waals surface area contributed by atoms with Crippen LogP contribution < -0.4 is 5.14 Å². The monoisotopic (exact) mass is 318 g/mol. The van der Waals surface area contributed by atoms with Gasteiger partial charge < -0.3 is 4.90 Å². The maximum absolute atomic E-state index is 13.7. The van der Waals surface area contributed by atoms with Crippen LogP contribution in [0.2, 0.25) is 0 Å². The number of allylic oxidation sites excluding steroid dienone is 2. The molecular weight excluding hydrogens is 295 g/mol. The summed E-state index contributed by atoms with van der Waals surface area (Å²) < 4.78 is 36.3.